The molecule has 1 aliphatic rings. The topological polar surface area (TPSA) is 77.3 Å². The van der Waals surface area contributed by atoms with Gasteiger partial charge in [-0.25, -0.2) is 9.97 Å². The van der Waals surface area contributed by atoms with Crippen molar-refractivity contribution in [3.05, 3.63) is 78.5 Å². The average molecular weight is 465 g/mol. The number of likely N-dealkylation sites (N-methyl/N-ethyl adjacent to an activating group) is 1. The first-order chi connectivity index (χ1) is 17.2. The normalized spacial score (nSPS) is 14.5. The summed E-state index contributed by atoms with van der Waals surface area (Å²) in [7, 11) is 2.18. The first kappa shape index (κ1) is 22.8. The number of hydrogen-bond acceptors (Lipinski definition) is 7. The van der Waals surface area contributed by atoms with Crippen molar-refractivity contribution < 1.29 is 4.74 Å². The molecule has 0 aliphatic carbocycles. The lowest BCUT2D eigenvalue weighted by atomic mass is 10.0. The fourth-order valence-corrected chi connectivity index (χ4v) is 4.34. The summed E-state index contributed by atoms with van der Waals surface area (Å²) in [5.74, 6) is 1.24. The standard InChI is InChI=1S/C28H28N6O/c1-33-13-15-34(16-14-33)20-21-4-2-6-24(18-21)31-28-30-19-23-5-3-7-26(27(23)32-28)22-8-10-25(11-9-22)35-17-12-29/h2-11,18-19H,13-17,20H2,1H3,(H,30,31,32). The first-order valence-electron chi connectivity index (χ1n) is 11.8. The number of para-hydroxylation sites is 1. The summed E-state index contributed by atoms with van der Waals surface area (Å²) < 4.78 is 5.38. The maximum Gasteiger partial charge on any atom is 0.227 e. The summed E-state index contributed by atoms with van der Waals surface area (Å²) >= 11 is 0. The second-order valence-electron chi connectivity index (χ2n) is 8.81. The highest BCUT2D eigenvalue weighted by atomic mass is 16.5. The second-order valence-corrected chi connectivity index (χ2v) is 8.81. The number of anilines is 2. The van der Waals surface area contributed by atoms with Gasteiger partial charge in [0.25, 0.3) is 0 Å². The summed E-state index contributed by atoms with van der Waals surface area (Å²) in [4.78, 5) is 14.3. The van der Waals surface area contributed by atoms with Gasteiger partial charge in [-0.3, -0.25) is 4.90 Å². The van der Waals surface area contributed by atoms with Crippen molar-refractivity contribution >= 4 is 22.5 Å². The Hall–Kier alpha value is -3.99. The van der Waals surface area contributed by atoms with Gasteiger partial charge in [-0.2, -0.15) is 5.26 Å². The van der Waals surface area contributed by atoms with Crippen molar-refractivity contribution in [3.8, 4) is 22.9 Å². The third-order valence-corrected chi connectivity index (χ3v) is 6.26. The summed E-state index contributed by atoms with van der Waals surface area (Å²) in [5.41, 5.74) is 5.18. The molecule has 0 unspecified atom stereocenters. The van der Waals surface area contributed by atoms with Crippen molar-refractivity contribution in [2.24, 2.45) is 0 Å². The zero-order valence-electron chi connectivity index (χ0n) is 19.8. The van der Waals surface area contributed by atoms with Crippen LogP contribution >= 0.6 is 0 Å². The molecule has 1 N–H and O–H groups in total. The molecule has 0 saturated carbocycles. The van der Waals surface area contributed by atoms with E-state index in [0.717, 1.165) is 60.4 Å². The van der Waals surface area contributed by atoms with E-state index in [0.29, 0.717) is 11.7 Å². The van der Waals surface area contributed by atoms with E-state index < -0.39 is 0 Å². The zero-order chi connectivity index (χ0) is 24.0. The minimum absolute atomic E-state index is 0.0342. The number of aromatic nitrogens is 2. The molecule has 1 fully saturated rings. The van der Waals surface area contributed by atoms with Crippen LogP contribution in [0.1, 0.15) is 5.56 Å². The Morgan fingerprint density at radius 3 is 2.60 bits per heavy atom. The van der Waals surface area contributed by atoms with Gasteiger partial charge >= 0.3 is 0 Å². The smallest absolute Gasteiger partial charge is 0.227 e. The van der Waals surface area contributed by atoms with E-state index in [9.17, 15) is 0 Å². The Morgan fingerprint density at radius 1 is 1.00 bits per heavy atom. The lowest BCUT2D eigenvalue weighted by Crippen LogP contribution is -2.43. The predicted octanol–water partition coefficient (Wildman–Crippen LogP) is 4.69. The van der Waals surface area contributed by atoms with Crippen molar-refractivity contribution in [1.29, 1.82) is 5.26 Å². The monoisotopic (exact) mass is 464 g/mol. The molecule has 1 saturated heterocycles. The summed E-state index contributed by atoms with van der Waals surface area (Å²) in [6.07, 6.45) is 1.85. The Morgan fingerprint density at radius 2 is 1.80 bits per heavy atom. The number of fused-ring (bicyclic) bond motifs is 1. The summed E-state index contributed by atoms with van der Waals surface area (Å²) in [5, 5.41) is 13.1. The predicted molar refractivity (Wildman–Crippen MR) is 139 cm³/mol. The highest BCUT2D eigenvalue weighted by Crippen LogP contribution is 2.29. The largest absolute Gasteiger partial charge is 0.479 e. The molecular formula is C28H28N6O. The number of ether oxygens (including phenoxy) is 1. The molecule has 0 radical (unpaired) electrons. The lowest BCUT2D eigenvalue weighted by Gasteiger charge is -2.32. The second kappa shape index (κ2) is 10.5. The SMILES string of the molecule is CN1CCN(Cc2cccc(Nc3ncc4cccc(-c5ccc(OCC#N)cc5)c4n3)c2)CC1. The van der Waals surface area contributed by atoms with E-state index >= 15 is 0 Å². The Kier molecular flexibility index (Phi) is 6.85. The number of hydrogen-bond donors (Lipinski definition) is 1. The highest BCUT2D eigenvalue weighted by Gasteiger charge is 2.14. The maximum atomic E-state index is 8.71. The van der Waals surface area contributed by atoms with Crippen LogP contribution < -0.4 is 10.1 Å². The number of nitrogens with zero attached hydrogens (tertiary/aromatic N) is 5. The van der Waals surface area contributed by atoms with Crippen LogP contribution in [0.4, 0.5) is 11.6 Å². The van der Waals surface area contributed by atoms with Gasteiger partial charge in [-0.05, 0) is 42.4 Å². The van der Waals surface area contributed by atoms with Gasteiger partial charge in [0.15, 0.2) is 6.61 Å². The van der Waals surface area contributed by atoms with Gasteiger partial charge in [0.05, 0.1) is 5.52 Å². The van der Waals surface area contributed by atoms with E-state index in [1.807, 2.05) is 54.7 Å². The van der Waals surface area contributed by atoms with Crippen LogP contribution in [0, 0.1) is 11.3 Å². The molecule has 0 bridgehead atoms. The average Bonchev–Trinajstić information content (AvgIpc) is 2.89. The minimum Gasteiger partial charge on any atom is -0.479 e. The van der Waals surface area contributed by atoms with Crippen LogP contribution in [-0.4, -0.2) is 59.6 Å². The van der Waals surface area contributed by atoms with Gasteiger partial charge in [0, 0.05) is 55.6 Å². The molecule has 7 heteroatoms. The van der Waals surface area contributed by atoms with Crippen LogP contribution in [0.3, 0.4) is 0 Å². The number of rotatable bonds is 7. The van der Waals surface area contributed by atoms with Crippen molar-refractivity contribution in [2.75, 3.05) is 45.2 Å². The van der Waals surface area contributed by atoms with E-state index in [1.165, 1.54) is 5.56 Å². The van der Waals surface area contributed by atoms with Crippen molar-refractivity contribution in [1.82, 2.24) is 19.8 Å². The summed E-state index contributed by atoms with van der Waals surface area (Å²) in [6, 6.07) is 24.3. The highest BCUT2D eigenvalue weighted by molar-refractivity contribution is 5.94. The lowest BCUT2D eigenvalue weighted by molar-refractivity contribution is 0.148. The zero-order valence-corrected chi connectivity index (χ0v) is 19.8. The number of nitriles is 1. The van der Waals surface area contributed by atoms with E-state index in [4.69, 9.17) is 15.0 Å². The minimum atomic E-state index is 0.0342. The van der Waals surface area contributed by atoms with Crippen LogP contribution in [0.2, 0.25) is 0 Å². The van der Waals surface area contributed by atoms with Gasteiger partial charge in [0.2, 0.25) is 5.95 Å². The van der Waals surface area contributed by atoms with Crippen LogP contribution in [0.15, 0.2) is 72.9 Å². The van der Waals surface area contributed by atoms with Gasteiger partial charge < -0.3 is 15.0 Å². The molecule has 1 aromatic heterocycles. The molecule has 0 spiro atoms. The van der Waals surface area contributed by atoms with Gasteiger partial charge in [0.1, 0.15) is 11.8 Å². The van der Waals surface area contributed by atoms with Crippen LogP contribution in [-0.2, 0) is 6.54 Å². The number of piperazine rings is 1. The first-order valence-corrected chi connectivity index (χ1v) is 11.8. The van der Waals surface area contributed by atoms with Crippen LogP contribution in [0.25, 0.3) is 22.0 Å². The Bertz CT molecular complexity index is 1340. The van der Waals surface area contributed by atoms with Crippen molar-refractivity contribution in [3.63, 3.8) is 0 Å². The molecule has 0 amide bonds. The van der Waals surface area contributed by atoms with Gasteiger partial charge in [-0.1, -0.05) is 42.5 Å². The quantitative estimate of drug-likeness (QED) is 0.425. The molecular weight excluding hydrogens is 436 g/mol. The molecule has 3 aromatic carbocycles. The number of benzene rings is 3. The molecule has 2 heterocycles. The van der Waals surface area contributed by atoms with Crippen molar-refractivity contribution in [2.45, 2.75) is 6.54 Å². The third kappa shape index (κ3) is 5.57. The number of nitrogens with one attached hydrogen (secondary N) is 1. The molecule has 4 aromatic rings. The maximum absolute atomic E-state index is 8.71. The fraction of sp³-hybridized carbons (Fsp3) is 0.250. The summed E-state index contributed by atoms with van der Waals surface area (Å²) in [6.45, 7) is 5.39. The van der Waals surface area contributed by atoms with E-state index in [-0.39, 0.29) is 6.61 Å². The Balaban J connectivity index is 1.36. The molecule has 5 rings (SSSR count). The Labute approximate surface area is 205 Å². The molecule has 0 atom stereocenters. The van der Waals surface area contributed by atoms with Gasteiger partial charge in [-0.15, -0.1) is 0 Å². The third-order valence-electron chi connectivity index (χ3n) is 6.26. The fourth-order valence-electron chi connectivity index (χ4n) is 4.34. The van der Waals surface area contributed by atoms with E-state index in [1.54, 1.807) is 0 Å². The molecule has 7 nitrogen and oxygen atoms in total. The molecule has 1 aliphatic heterocycles. The van der Waals surface area contributed by atoms with E-state index in [2.05, 4.69) is 51.4 Å². The molecule has 35 heavy (non-hydrogen) atoms. The molecule has 176 valence electrons. The van der Waals surface area contributed by atoms with Crippen LogP contribution in [0.5, 0.6) is 5.75 Å².